The predicted molar refractivity (Wildman–Crippen MR) is 102 cm³/mol. The summed E-state index contributed by atoms with van der Waals surface area (Å²) in [7, 11) is 0. The maximum absolute atomic E-state index is 14.2. The van der Waals surface area contributed by atoms with Crippen LogP contribution in [0.5, 0.6) is 0 Å². The van der Waals surface area contributed by atoms with Crippen LogP contribution < -0.4 is 10.9 Å². The van der Waals surface area contributed by atoms with Gasteiger partial charge in [0.2, 0.25) is 0 Å². The summed E-state index contributed by atoms with van der Waals surface area (Å²) in [6.07, 6.45) is 0. The molecule has 2 heterocycles. The van der Waals surface area contributed by atoms with E-state index < -0.39 is 23.1 Å². The van der Waals surface area contributed by atoms with Crippen molar-refractivity contribution in [1.29, 1.82) is 0 Å². The van der Waals surface area contributed by atoms with Crippen molar-refractivity contribution in [3.05, 3.63) is 88.1 Å². The molecule has 0 saturated carbocycles. The molecule has 0 radical (unpaired) electrons. The molecule has 30 heavy (non-hydrogen) atoms. The molecule has 0 spiro atoms. The van der Waals surface area contributed by atoms with Gasteiger partial charge >= 0.3 is 0 Å². The number of tetrazole rings is 1. The number of nitrogens with one attached hydrogen (secondary N) is 1. The molecule has 4 aromatic rings. The van der Waals surface area contributed by atoms with Crippen LogP contribution in [0.25, 0.3) is 11.4 Å². The molecular formula is C19H13F2N7O2. The van der Waals surface area contributed by atoms with Gasteiger partial charge in [-0.3, -0.25) is 9.59 Å². The highest BCUT2D eigenvalue weighted by Gasteiger charge is 2.14. The number of amides is 1. The first-order chi connectivity index (χ1) is 14.4. The summed E-state index contributed by atoms with van der Waals surface area (Å²) >= 11 is 0. The summed E-state index contributed by atoms with van der Waals surface area (Å²) in [6, 6.07) is 11.4. The normalized spacial score (nSPS) is 10.8. The molecule has 150 valence electrons. The monoisotopic (exact) mass is 409 g/mol. The molecule has 0 atom stereocenters. The lowest BCUT2D eigenvalue weighted by Crippen LogP contribution is -2.25. The van der Waals surface area contributed by atoms with Crippen molar-refractivity contribution in [3.63, 3.8) is 0 Å². The van der Waals surface area contributed by atoms with E-state index in [1.54, 1.807) is 6.92 Å². The molecule has 9 nitrogen and oxygen atoms in total. The maximum Gasteiger partial charge on any atom is 0.276 e. The Morgan fingerprint density at radius 3 is 2.47 bits per heavy atom. The number of carbonyl (C=O) groups excluding carboxylic acids is 1. The Hall–Kier alpha value is -4.28. The van der Waals surface area contributed by atoms with Crippen molar-refractivity contribution in [2.24, 2.45) is 0 Å². The third-order valence-electron chi connectivity index (χ3n) is 4.16. The third-order valence-corrected chi connectivity index (χ3v) is 4.16. The van der Waals surface area contributed by atoms with Crippen molar-refractivity contribution in [1.82, 2.24) is 30.0 Å². The highest BCUT2D eigenvalue weighted by atomic mass is 19.1. The second kappa shape index (κ2) is 7.62. The van der Waals surface area contributed by atoms with Gasteiger partial charge in [0.05, 0.1) is 5.69 Å². The Balaban J connectivity index is 1.63. The van der Waals surface area contributed by atoms with Crippen LogP contribution in [0.4, 0.5) is 14.5 Å². The maximum atomic E-state index is 14.2. The van der Waals surface area contributed by atoms with Gasteiger partial charge in [-0.05, 0) is 65.9 Å². The number of aromatic nitrogens is 6. The van der Waals surface area contributed by atoms with Gasteiger partial charge in [0, 0.05) is 11.8 Å². The van der Waals surface area contributed by atoms with Crippen LogP contribution in [-0.4, -0.2) is 35.9 Å². The second-order valence-electron chi connectivity index (χ2n) is 6.20. The van der Waals surface area contributed by atoms with Crippen LogP contribution >= 0.6 is 0 Å². The zero-order valence-corrected chi connectivity index (χ0v) is 15.5. The van der Waals surface area contributed by atoms with Gasteiger partial charge in [-0.15, -0.1) is 5.10 Å². The lowest BCUT2D eigenvalue weighted by molar-refractivity contribution is 0.102. The number of carbonyl (C=O) groups is 1. The topological polar surface area (TPSA) is 108 Å². The Morgan fingerprint density at radius 2 is 1.77 bits per heavy atom. The van der Waals surface area contributed by atoms with Crippen molar-refractivity contribution in [2.45, 2.75) is 6.92 Å². The second-order valence-corrected chi connectivity index (χ2v) is 6.20. The van der Waals surface area contributed by atoms with Crippen LogP contribution in [0.2, 0.25) is 0 Å². The first kappa shape index (κ1) is 19.1. The summed E-state index contributed by atoms with van der Waals surface area (Å²) < 4.78 is 29.5. The quantitative estimate of drug-likeness (QED) is 0.553. The summed E-state index contributed by atoms with van der Waals surface area (Å²) in [5.74, 6) is -1.31. The standard InChI is InChI=1S/C19H13F2N7O2/c1-11-23-25-26-27(11)17-10-13(4-7-15(17)21)22-19(30)16-8-9-18(29)28(24-16)14-5-2-12(20)3-6-14/h2-10H,1H3,(H,22,30). The summed E-state index contributed by atoms with van der Waals surface area (Å²) in [5, 5.41) is 17.5. The molecule has 0 aliphatic heterocycles. The Labute approximate surface area is 167 Å². The molecule has 0 aliphatic rings. The van der Waals surface area contributed by atoms with Gasteiger partial charge in [0.15, 0.2) is 5.82 Å². The molecule has 0 unspecified atom stereocenters. The highest BCUT2D eigenvalue weighted by Crippen LogP contribution is 2.19. The van der Waals surface area contributed by atoms with Crippen LogP contribution in [-0.2, 0) is 0 Å². The van der Waals surface area contributed by atoms with E-state index in [9.17, 15) is 18.4 Å². The van der Waals surface area contributed by atoms with Crippen molar-refractivity contribution in [2.75, 3.05) is 5.32 Å². The minimum absolute atomic E-state index is 0.0551. The fraction of sp³-hybridized carbons (Fsp3) is 0.0526. The third kappa shape index (κ3) is 3.68. The fourth-order valence-electron chi connectivity index (χ4n) is 2.70. The Kier molecular flexibility index (Phi) is 4.84. The Morgan fingerprint density at radius 1 is 1.00 bits per heavy atom. The molecule has 0 aliphatic carbocycles. The van der Waals surface area contributed by atoms with Gasteiger partial charge < -0.3 is 5.32 Å². The van der Waals surface area contributed by atoms with Crippen LogP contribution in [0, 0.1) is 18.6 Å². The van der Waals surface area contributed by atoms with E-state index in [0.717, 1.165) is 4.68 Å². The number of nitrogens with zero attached hydrogens (tertiary/aromatic N) is 6. The number of benzene rings is 2. The average molecular weight is 409 g/mol. The average Bonchev–Trinajstić information content (AvgIpc) is 3.16. The molecule has 4 rings (SSSR count). The van der Waals surface area contributed by atoms with E-state index in [4.69, 9.17) is 0 Å². The zero-order valence-electron chi connectivity index (χ0n) is 15.5. The Bertz CT molecular complexity index is 1300. The van der Waals surface area contributed by atoms with Gasteiger partial charge in [-0.1, -0.05) is 0 Å². The van der Waals surface area contributed by atoms with Crippen LogP contribution in [0.15, 0.2) is 59.4 Å². The van der Waals surface area contributed by atoms with Gasteiger partial charge in [-0.25, -0.2) is 8.78 Å². The number of hydrogen-bond acceptors (Lipinski definition) is 6. The first-order valence-corrected chi connectivity index (χ1v) is 8.65. The molecule has 2 aromatic heterocycles. The highest BCUT2D eigenvalue weighted by molar-refractivity contribution is 6.02. The molecule has 11 heteroatoms. The van der Waals surface area contributed by atoms with E-state index in [1.807, 2.05) is 0 Å². The zero-order chi connectivity index (χ0) is 21.3. The lowest BCUT2D eigenvalue weighted by atomic mass is 10.2. The van der Waals surface area contributed by atoms with E-state index in [1.165, 1.54) is 59.3 Å². The van der Waals surface area contributed by atoms with Crippen LogP contribution in [0.3, 0.4) is 0 Å². The molecule has 0 fully saturated rings. The minimum atomic E-state index is -0.628. The number of hydrogen-bond donors (Lipinski definition) is 1. The van der Waals surface area contributed by atoms with E-state index in [0.29, 0.717) is 11.5 Å². The molecule has 2 aromatic carbocycles. The van der Waals surface area contributed by atoms with Gasteiger partial charge in [-0.2, -0.15) is 14.5 Å². The van der Waals surface area contributed by atoms with Crippen LogP contribution in [0.1, 0.15) is 16.3 Å². The van der Waals surface area contributed by atoms with E-state index >= 15 is 0 Å². The lowest BCUT2D eigenvalue weighted by Gasteiger charge is -2.10. The van der Waals surface area contributed by atoms with Crippen molar-refractivity contribution in [3.8, 4) is 11.4 Å². The van der Waals surface area contributed by atoms with Crippen molar-refractivity contribution < 1.29 is 13.6 Å². The van der Waals surface area contributed by atoms with E-state index in [2.05, 4.69) is 25.9 Å². The molecule has 0 saturated heterocycles. The SMILES string of the molecule is Cc1nnnn1-c1cc(NC(=O)c2ccc(=O)n(-c3ccc(F)cc3)n2)ccc1F. The predicted octanol–water partition coefficient (Wildman–Crippen LogP) is 2.05. The first-order valence-electron chi connectivity index (χ1n) is 8.65. The fourth-order valence-corrected chi connectivity index (χ4v) is 2.70. The number of anilines is 1. The van der Waals surface area contributed by atoms with Gasteiger partial charge in [0.25, 0.3) is 11.5 Å². The smallest absolute Gasteiger partial charge is 0.276 e. The number of rotatable bonds is 4. The summed E-state index contributed by atoms with van der Waals surface area (Å²) in [6.45, 7) is 1.60. The van der Waals surface area contributed by atoms with E-state index in [-0.39, 0.29) is 17.1 Å². The molecule has 1 amide bonds. The summed E-state index contributed by atoms with van der Waals surface area (Å²) in [5.41, 5.74) is 0.0706. The summed E-state index contributed by atoms with van der Waals surface area (Å²) in [4.78, 5) is 24.7. The molecular weight excluding hydrogens is 396 g/mol. The molecule has 1 N–H and O–H groups in total. The number of halogens is 2. The van der Waals surface area contributed by atoms with Gasteiger partial charge in [0.1, 0.15) is 23.0 Å². The molecule has 0 bridgehead atoms. The van der Waals surface area contributed by atoms with Crippen molar-refractivity contribution >= 4 is 11.6 Å². The number of aryl methyl sites for hydroxylation is 1. The minimum Gasteiger partial charge on any atom is -0.321 e. The largest absolute Gasteiger partial charge is 0.321 e.